The van der Waals surface area contributed by atoms with Crippen LogP contribution in [0.1, 0.15) is 24.2 Å². The third kappa shape index (κ3) is 2.31. The summed E-state index contributed by atoms with van der Waals surface area (Å²) in [5.74, 6) is 0. The minimum Gasteiger partial charge on any atom is -0.389 e. The zero-order chi connectivity index (χ0) is 13.3. The number of benzene rings is 1. The van der Waals surface area contributed by atoms with Gasteiger partial charge in [-0.25, -0.2) is 0 Å². The highest BCUT2D eigenvalue weighted by atomic mass is 16.3. The lowest BCUT2D eigenvalue weighted by Gasteiger charge is -2.23. The van der Waals surface area contributed by atoms with Crippen LogP contribution in [0.4, 0.5) is 5.69 Å². The molecule has 1 heterocycles. The fourth-order valence-electron chi connectivity index (χ4n) is 2.21. The number of aliphatic hydroxyl groups excluding tert-OH is 3. The van der Waals surface area contributed by atoms with Crippen molar-refractivity contribution in [3.05, 3.63) is 29.3 Å². The zero-order valence-electron chi connectivity index (χ0n) is 10.1. The van der Waals surface area contributed by atoms with Gasteiger partial charge in [0.05, 0.1) is 29.9 Å². The van der Waals surface area contributed by atoms with Crippen LogP contribution in [-0.2, 0) is 0 Å². The topological polar surface area (TPSA) is 87.7 Å². The molecule has 5 nitrogen and oxygen atoms in total. The Bertz CT molecular complexity index is 472. The number of β-amino-alcohol motifs (C(OH)–C–C–N with tert-alkyl or cyclic N) is 2. The Morgan fingerprint density at radius 3 is 2.44 bits per heavy atom. The van der Waals surface area contributed by atoms with E-state index in [1.807, 2.05) is 6.07 Å². The van der Waals surface area contributed by atoms with Gasteiger partial charge in [-0.15, -0.1) is 0 Å². The first-order valence-electron chi connectivity index (χ1n) is 5.86. The van der Waals surface area contributed by atoms with Gasteiger partial charge in [0, 0.05) is 24.3 Å². The fraction of sp³-hybridized carbons (Fsp3) is 0.462. The lowest BCUT2D eigenvalue weighted by atomic mass is 10.0. The smallest absolute Gasteiger partial charge is 0.0992 e. The summed E-state index contributed by atoms with van der Waals surface area (Å²) in [7, 11) is 0. The van der Waals surface area contributed by atoms with Crippen molar-refractivity contribution in [2.24, 2.45) is 0 Å². The number of nitriles is 1. The van der Waals surface area contributed by atoms with Crippen molar-refractivity contribution in [3.63, 3.8) is 0 Å². The van der Waals surface area contributed by atoms with Crippen molar-refractivity contribution in [1.29, 1.82) is 5.26 Å². The molecule has 3 unspecified atom stereocenters. The molecule has 1 aromatic carbocycles. The van der Waals surface area contributed by atoms with Gasteiger partial charge in [0.25, 0.3) is 0 Å². The molecule has 96 valence electrons. The summed E-state index contributed by atoms with van der Waals surface area (Å²) in [5, 5.41) is 37.8. The summed E-state index contributed by atoms with van der Waals surface area (Å²) >= 11 is 0. The van der Waals surface area contributed by atoms with E-state index in [0.717, 1.165) is 0 Å². The summed E-state index contributed by atoms with van der Waals surface area (Å²) < 4.78 is 0. The van der Waals surface area contributed by atoms with E-state index in [1.54, 1.807) is 30.0 Å². The van der Waals surface area contributed by atoms with Gasteiger partial charge in [0.15, 0.2) is 0 Å². The van der Waals surface area contributed by atoms with Crippen LogP contribution in [0, 0.1) is 11.3 Å². The maximum absolute atomic E-state index is 9.73. The molecule has 5 heteroatoms. The molecule has 0 radical (unpaired) electrons. The van der Waals surface area contributed by atoms with Crippen molar-refractivity contribution in [2.75, 3.05) is 18.0 Å². The number of hydrogen-bond acceptors (Lipinski definition) is 5. The van der Waals surface area contributed by atoms with Crippen molar-refractivity contribution >= 4 is 5.69 Å². The van der Waals surface area contributed by atoms with Crippen LogP contribution in [0.15, 0.2) is 18.2 Å². The second-order valence-electron chi connectivity index (χ2n) is 4.60. The average Bonchev–Trinajstić information content (AvgIpc) is 2.68. The SMILES string of the molecule is CC(O)c1ccc(C#N)cc1N1CC(O)C(O)C1. The van der Waals surface area contributed by atoms with Crippen molar-refractivity contribution in [2.45, 2.75) is 25.2 Å². The van der Waals surface area contributed by atoms with E-state index >= 15 is 0 Å². The Kier molecular flexibility index (Phi) is 3.53. The molecule has 0 saturated carbocycles. The number of anilines is 1. The van der Waals surface area contributed by atoms with Gasteiger partial charge in [-0.2, -0.15) is 5.26 Å². The van der Waals surface area contributed by atoms with E-state index in [4.69, 9.17) is 5.26 Å². The van der Waals surface area contributed by atoms with Crippen molar-refractivity contribution in [3.8, 4) is 6.07 Å². The van der Waals surface area contributed by atoms with Gasteiger partial charge in [0.1, 0.15) is 0 Å². The summed E-state index contributed by atoms with van der Waals surface area (Å²) in [5.41, 5.74) is 1.88. The van der Waals surface area contributed by atoms with Crippen LogP contribution in [-0.4, -0.2) is 40.6 Å². The molecule has 18 heavy (non-hydrogen) atoms. The predicted molar refractivity (Wildman–Crippen MR) is 66.0 cm³/mol. The van der Waals surface area contributed by atoms with Gasteiger partial charge in [-0.05, 0) is 19.1 Å². The Balaban J connectivity index is 2.39. The first kappa shape index (κ1) is 12.8. The standard InChI is InChI=1S/C13H16N2O3/c1-8(16)10-3-2-9(5-14)4-11(10)15-6-12(17)13(18)7-15/h2-4,8,12-13,16-18H,6-7H2,1H3. The first-order chi connectivity index (χ1) is 8.52. The van der Waals surface area contributed by atoms with E-state index in [9.17, 15) is 15.3 Å². The zero-order valence-corrected chi connectivity index (χ0v) is 10.1. The Labute approximate surface area is 106 Å². The second-order valence-corrected chi connectivity index (χ2v) is 4.60. The maximum Gasteiger partial charge on any atom is 0.0992 e. The molecule has 0 amide bonds. The van der Waals surface area contributed by atoms with Crippen LogP contribution in [0.5, 0.6) is 0 Å². The highest BCUT2D eigenvalue weighted by Gasteiger charge is 2.31. The summed E-state index contributed by atoms with van der Waals surface area (Å²) in [4.78, 5) is 1.79. The lowest BCUT2D eigenvalue weighted by molar-refractivity contribution is 0.0572. The van der Waals surface area contributed by atoms with Crippen LogP contribution in [0.3, 0.4) is 0 Å². The monoisotopic (exact) mass is 248 g/mol. The highest BCUT2D eigenvalue weighted by molar-refractivity contribution is 5.59. The Morgan fingerprint density at radius 1 is 1.33 bits per heavy atom. The minimum absolute atomic E-state index is 0.301. The molecule has 0 bridgehead atoms. The minimum atomic E-state index is -0.794. The highest BCUT2D eigenvalue weighted by Crippen LogP contribution is 2.30. The molecule has 1 saturated heterocycles. The van der Waals surface area contributed by atoms with E-state index < -0.39 is 18.3 Å². The van der Waals surface area contributed by atoms with Gasteiger partial charge < -0.3 is 20.2 Å². The number of hydrogen-bond donors (Lipinski definition) is 3. The molecule has 0 spiro atoms. The largest absolute Gasteiger partial charge is 0.389 e. The van der Waals surface area contributed by atoms with Gasteiger partial charge in [-0.3, -0.25) is 0 Å². The van der Waals surface area contributed by atoms with E-state index in [1.165, 1.54) is 0 Å². The fourth-order valence-corrected chi connectivity index (χ4v) is 2.21. The van der Waals surface area contributed by atoms with Crippen LogP contribution >= 0.6 is 0 Å². The molecule has 1 aliphatic heterocycles. The molecular formula is C13H16N2O3. The predicted octanol–water partition coefficient (Wildman–Crippen LogP) is 0.153. The molecular weight excluding hydrogens is 232 g/mol. The number of aliphatic hydroxyl groups is 3. The summed E-state index contributed by atoms with van der Waals surface area (Å²) in [6.45, 7) is 2.25. The van der Waals surface area contributed by atoms with Gasteiger partial charge in [0.2, 0.25) is 0 Å². The first-order valence-corrected chi connectivity index (χ1v) is 5.86. The van der Waals surface area contributed by atoms with Gasteiger partial charge >= 0.3 is 0 Å². The molecule has 1 aromatic rings. The van der Waals surface area contributed by atoms with E-state index in [0.29, 0.717) is 29.9 Å². The summed E-state index contributed by atoms with van der Waals surface area (Å²) in [6, 6.07) is 7.07. The third-order valence-electron chi connectivity index (χ3n) is 3.21. The third-order valence-corrected chi connectivity index (χ3v) is 3.21. The normalized spacial score (nSPS) is 24.9. The van der Waals surface area contributed by atoms with Crippen LogP contribution in [0.25, 0.3) is 0 Å². The molecule has 0 aliphatic carbocycles. The molecule has 1 aliphatic rings. The van der Waals surface area contributed by atoms with Gasteiger partial charge in [-0.1, -0.05) is 6.07 Å². The van der Waals surface area contributed by atoms with Crippen LogP contribution in [0.2, 0.25) is 0 Å². The molecule has 3 atom stereocenters. The van der Waals surface area contributed by atoms with E-state index in [2.05, 4.69) is 0 Å². The molecule has 3 N–H and O–H groups in total. The van der Waals surface area contributed by atoms with E-state index in [-0.39, 0.29) is 0 Å². The average molecular weight is 248 g/mol. The summed E-state index contributed by atoms with van der Waals surface area (Å²) in [6.07, 6.45) is -2.25. The molecule has 0 aromatic heterocycles. The van der Waals surface area contributed by atoms with Crippen LogP contribution < -0.4 is 4.90 Å². The quantitative estimate of drug-likeness (QED) is 0.693. The van der Waals surface area contributed by atoms with Crippen molar-refractivity contribution in [1.82, 2.24) is 0 Å². The Morgan fingerprint density at radius 2 is 1.94 bits per heavy atom. The second kappa shape index (κ2) is 4.94. The molecule has 2 rings (SSSR count). The number of nitrogens with zero attached hydrogens (tertiary/aromatic N) is 2. The molecule has 1 fully saturated rings. The Hall–Kier alpha value is -1.61. The van der Waals surface area contributed by atoms with Crippen molar-refractivity contribution < 1.29 is 15.3 Å². The number of rotatable bonds is 2. The lowest BCUT2D eigenvalue weighted by Crippen LogP contribution is -2.23. The maximum atomic E-state index is 9.73.